The van der Waals surface area contributed by atoms with Crippen molar-refractivity contribution in [3.8, 4) is 0 Å². The van der Waals surface area contributed by atoms with Gasteiger partial charge in [0.25, 0.3) is 11.2 Å². The van der Waals surface area contributed by atoms with Gasteiger partial charge in [-0.3, -0.25) is 9.59 Å². The van der Waals surface area contributed by atoms with Crippen LogP contribution >= 0.6 is 0 Å². The number of fused-ring (bicyclic) bond motifs is 2. The monoisotopic (exact) mass is 1120 g/mol. The van der Waals surface area contributed by atoms with Crippen molar-refractivity contribution in [2.45, 2.75) is 257 Å². The average molecular weight is 1120 g/mol. The van der Waals surface area contributed by atoms with Crippen LogP contribution < -0.4 is 0 Å². The third-order valence-electron chi connectivity index (χ3n) is 17.1. The Morgan fingerprint density at radius 2 is 0.905 bits per heavy atom. The van der Waals surface area contributed by atoms with Crippen LogP contribution in [0.3, 0.4) is 0 Å². The maximum atomic E-state index is 14.2. The number of rotatable bonds is 20. The van der Waals surface area contributed by atoms with Crippen molar-refractivity contribution in [1.82, 2.24) is 0 Å². The lowest BCUT2D eigenvalue weighted by atomic mass is 9.56. The van der Waals surface area contributed by atoms with Crippen LogP contribution in [0.2, 0.25) is 39.3 Å². The predicted molar refractivity (Wildman–Crippen MR) is 269 cm³/mol. The average Bonchev–Trinajstić information content (AvgIpc) is 3.73. The molecule has 0 aromatic heterocycles. The fourth-order valence-corrected chi connectivity index (χ4v) is 17.1. The summed E-state index contributed by atoms with van der Waals surface area (Å²) in [7, 11) is -5.10. The molecule has 0 saturated heterocycles. The van der Waals surface area contributed by atoms with Gasteiger partial charge in [-0.05, 0) is 203 Å². The highest BCUT2D eigenvalue weighted by molar-refractivity contribution is 6.70. The molecule has 0 bridgehead atoms. The van der Waals surface area contributed by atoms with Gasteiger partial charge in [-0.1, -0.05) is 52.7 Å². The second-order valence-corrected chi connectivity index (χ2v) is 35.6. The SMILES string of the molecule is CC(C)(CCC[C@](C)(C/C=C\C(O[Si](C)(C)C)(C(F)(F)F)C(F)(F)F)C1CCC2C(=O)CCC[C@@]21C)O[Si](C)(C)C.CC(C)(O)CCC[C@](C)(C/C=C\C(O)(C(F)(F)F)C(F)(F)F)C1CCC2C(=O)CCC[C@@]21C. The van der Waals surface area contributed by atoms with Crippen molar-refractivity contribution in [3.63, 3.8) is 0 Å². The van der Waals surface area contributed by atoms with Gasteiger partial charge in [0.1, 0.15) is 11.6 Å². The standard InChI is InChI=1S/C30H52F6O3Si2.C24H36F6O3/c1-25(2,38-40(5,6)7)17-12-18-26(3,24-16-15-22-23(37)14-11-20-27(22,24)4)19-13-21-28(29(31,32)33,30(34,35)36)39-41(8,9)10;1-19(2,32)11-6-12-20(3,13-7-15-22(33,23(25,26)27)24(28,29)30)18-10-9-16-17(31)8-5-14-21(16,18)4/h13,21-22,24H,11-12,14-20H2,1-10H3;7,15-16,18,32-33H,5-6,8-14H2,1-4H3/b21-13-;15-7-/t22?,24?,26-,27+;16?,18?,20-,21+/m11/s1. The summed E-state index contributed by atoms with van der Waals surface area (Å²) in [5, 5.41) is 19.6. The Balaban J connectivity index is 0.000000399. The smallest absolute Gasteiger partial charge is 0.413 e. The van der Waals surface area contributed by atoms with Gasteiger partial charge in [0.2, 0.25) is 0 Å². The van der Waals surface area contributed by atoms with Crippen molar-refractivity contribution >= 4 is 28.2 Å². The van der Waals surface area contributed by atoms with Crippen molar-refractivity contribution in [1.29, 1.82) is 0 Å². The van der Waals surface area contributed by atoms with Crippen LogP contribution in [-0.4, -0.2) is 85.5 Å². The number of hydrogen-bond donors (Lipinski definition) is 2. The highest BCUT2D eigenvalue weighted by atomic mass is 28.4. The molecule has 4 aliphatic rings. The van der Waals surface area contributed by atoms with Gasteiger partial charge in [-0.25, -0.2) is 0 Å². The zero-order valence-corrected chi connectivity index (χ0v) is 48.4. The second kappa shape index (κ2) is 22.8. The van der Waals surface area contributed by atoms with Crippen LogP contribution in [0.15, 0.2) is 24.3 Å². The highest BCUT2D eigenvalue weighted by Gasteiger charge is 2.72. The molecule has 0 heterocycles. The minimum Gasteiger partial charge on any atom is -0.413 e. The minimum absolute atomic E-state index is 0.000922. The Morgan fingerprint density at radius 1 is 0.541 bits per heavy atom. The van der Waals surface area contributed by atoms with Gasteiger partial charge in [-0.15, -0.1) is 0 Å². The first-order valence-corrected chi connectivity index (χ1v) is 33.3. The number of alkyl halides is 12. The van der Waals surface area contributed by atoms with E-state index in [4.69, 9.17) is 8.85 Å². The molecule has 8 atom stereocenters. The Hall–Kier alpha value is -1.75. The zero-order valence-electron chi connectivity index (χ0n) is 46.4. The van der Waals surface area contributed by atoms with Crippen molar-refractivity contribution in [2.75, 3.05) is 0 Å². The molecule has 0 aromatic rings. The molecule has 4 unspecified atom stereocenters. The van der Waals surface area contributed by atoms with Crippen molar-refractivity contribution in [2.24, 2.45) is 45.3 Å². The van der Waals surface area contributed by atoms with Crippen LogP contribution in [0.5, 0.6) is 0 Å². The van der Waals surface area contributed by atoms with E-state index < -0.39 is 74.6 Å². The van der Waals surface area contributed by atoms with Gasteiger partial charge in [0.05, 0.1) is 11.2 Å². The molecule has 4 rings (SSSR count). The maximum absolute atomic E-state index is 14.2. The predicted octanol–water partition coefficient (Wildman–Crippen LogP) is 16.8. The van der Waals surface area contributed by atoms with Crippen molar-refractivity contribution < 1.29 is 81.3 Å². The van der Waals surface area contributed by atoms with Crippen LogP contribution in [-0.2, 0) is 18.4 Å². The minimum atomic E-state index is -5.90. The third-order valence-corrected chi connectivity index (χ3v) is 19.2. The summed E-state index contributed by atoms with van der Waals surface area (Å²) >= 11 is 0. The van der Waals surface area contributed by atoms with E-state index >= 15 is 0 Å². The van der Waals surface area contributed by atoms with Crippen LogP contribution in [0, 0.1) is 45.3 Å². The lowest BCUT2D eigenvalue weighted by molar-refractivity contribution is -0.347. The lowest BCUT2D eigenvalue weighted by Gasteiger charge is -2.48. The van der Waals surface area contributed by atoms with E-state index in [0.29, 0.717) is 57.8 Å². The fourth-order valence-electron chi connectivity index (χ4n) is 14.0. The fraction of sp³-hybridized carbons (Fsp3) is 0.889. The van der Waals surface area contributed by atoms with E-state index in [-0.39, 0.29) is 71.1 Å². The Bertz CT molecular complexity index is 1930. The number of hydrogen-bond acceptors (Lipinski definition) is 6. The quantitative estimate of drug-likeness (QED) is 0.0717. The molecule has 20 heteroatoms. The van der Waals surface area contributed by atoms with Crippen LogP contribution in [0.1, 0.15) is 171 Å². The Kier molecular flexibility index (Phi) is 20.5. The molecular formula is C54H88F12O6Si2. The van der Waals surface area contributed by atoms with Crippen LogP contribution in [0.4, 0.5) is 52.7 Å². The molecule has 0 aliphatic heterocycles. The number of ketones is 2. The number of allylic oxidation sites excluding steroid dienone is 2. The molecule has 4 fully saturated rings. The highest BCUT2D eigenvalue weighted by Crippen LogP contribution is 2.64. The number of carbonyl (C=O) groups is 2. The molecule has 0 radical (unpaired) electrons. The Labute approximate surface area is 435 Å². The van der Waals surface area contributed by atoms with E-state index in [1.807, 2.05) is 34.6 Å². The van der Waals surface area contributed by atoms with Gasteiger partial charge >= 0.3 is 24.7 Å². The molecule has 2 N–H and O–H groups in total. The summed E-state index contributed by atoms with van der Waals surface area (Å²) in [6, 6.07) is 0. The lowest BCUT2D eigenvalue weighted by Crippen LogP contribution is -2.61. The van der Waals surface area contributed by atoms with E-state index in [2.05, 4.69) is 26.6 Å². The summed E-state index contributed by atoms with van der Waals surface area (Å²) in [5.41, 5.74) is -12.6. The van der Waals surface area contributed by atoms with Gasteiger partial charge < -0.3 is 19.1 Å². The molecule has 432 valence electrons. The van der Waals surface area contributed by atoms with Crippen molar-refractivity contribution in [3.05, 3.63) is 24.3 Å². The van der Waals surface area contributed by atoms with E-state index in [0.717, 1.165) is 57.1 Å². The summed E-state index contributed by atoms with van der Waals surface area (Å²) < 4.78 is 175. The summed E-state index contributed by atoms with van der Waals surface area (Å²) in [6.07, 6.45) is -10.9. The normalized spacial score (nSPS) is 28.0. The first-order chi connectivity index (χ1) is 33.0. The molecule has 0 aromatic carbocycles. The van der Waals surface area contributed by atoms with Gasteiger partial charge in [0, 0.05) is 24.7 Å². The number of carbonyl (C=O) groups excluding carboxylic acids is 2. The largest absolute Gasteiger partial charge is 0.429 e. The summed E-state index contributed by atoms with van der Waals surface area (Å²) in [6.45, 7) is 25.6. The van der Waals surface area contributed by atoms with Gasteiger partial charge in [-0.2, -0.15) is 52.7 Å². The number of Topliss-reactive ketones (excluding diaryl/α,β-unsaturated/α-hetero) is 2. The maximum Gasteiger partial charge on any atom is 0.429 e. The molecule has 0 amide bonds. The molecule has 6 nitrogen and oxygen atoms in total. The van der Waals surface area contributed by atoms with E-state index in [1.54, 1.807) is 13.8 Å². The summed E-state index contributed by atoms with van der Waals surface area (Å²) in [4.78, 5) is 25.4. The number of halogens is 12. The summed E-state index contributed by atoms with van der Waals surface area (Å²) in [5.74, 6) is 0.103. The topological polar surface area (TPSA) is 93.1 Å². The number of aliphatic hydroxyl groups is 2. The van der Waals surface area contributed by atoms with Gasteiger partial charge in [0.15, 0.2) is 16.6 Å². The van der Waals surface area contributed by atoms with E-state index in [1.165, 1.54) is 19.6 Å². The van der Waals surface area contributed by atoms with Crippen LogP contribution in [0.25, 0.3) is 0 Å². The first kappa shape index (κ1) is 66.5. The van der Waals surface area contributed by atoms with E-state index in [9.17, 15) is 72.5 Å². The third kappa shape index (κ3) is 15.8. The molecule has 74 heavy (non-hydrogen) atoms. The molecule has 4 aliphatic carbocycles. The second-order valence-electron chi connectivity index (χ2n) is 26.7. The molecular weight excluding hydrogens is 1030 g/mol. The Morgan fingerprint density at radius 3 is 1.24 bits per heavy atom. The zero-order chi connectivity index (χ0) is 57.4. The molecule has 4 saturated carbocycles. The molecule has 0 spiro atoms. The first-order valence-electron chi connectivity index (χ1n) is 26.5.